The van der Waals surface area contributed by atoms with Crippen molar-refractivity contribution in [3.8, 4) is 0 Å². The maximum atomic E-state index is 11.9. The van der Waals surface area contributed by atoms with Crippen LogP contribution in [0, 0.1) is 0 Å². The average Bonchev–Trinajstić information content (AvgIpc) is 2.47. The molecule has 0 aromatic carbocycles. The number of hydrogen-bond acceptors (Lipinski definition) is 6. The van der Waals surface area contributed by atoms with Gasteiger partial charge in [0.25, 0.3) is 6.47 Å². The van der Waals surface area contributed by atoms with E-state index in [-0.39, 0.29) is 19.6 Å². The Morgan fingerprint density at radius 1 is 1.43 bits per heavy atom. The first-order valence-electron chi connectivity index (χ1n) is 6.34. The number of likely N-dealkylation sites (N-methyl/N-ethyl adjacent to an activating group) is 1. The first-order chi connectivity index (χ1) is 9.96. The largest absolute Gasteiger partial charge is 0.462 e. The summed E-state index contributed by atoms with van der Waals surface area (Å²) in [5.74, 6) is -1.74. The lowest BCUT2D eigenvalue weighted by molar-refractivity contribution is -0.153. The number of rotatable bonds is 6. The van der Waals surface area contributed by atoms with Crippen LogP contribution >= 0.6 is 0 Å². The standard InChI is InChI=1S/C12H16N3O6/c1-3-14-4-5-15(11(19)10(14)18)12(20)13-9(6-16)8(2)21-7-17/h7-9H,3-5H2,1-2H3,(H,13,20)/t8-,9?/m0/s1. The molecular formula is C12H16N3O6. The molecule has 1 radical (unpaired) electrons. The van der Waals surface area contributed by atoms with E-state index in [2.05, 4.69) is 10.1 Å². The number of urea groups is 1. The van der Waals surface area contributed by atoms with Crippen LogP contribution in [0.2, 0.25) is 0 Å². The summed E-state index contributed by atoms with van der Waals surface area (Å²) in [5.41, 5.74) is 0. The quantitative estimate of drug-likeness (QED) is 0.468. The minimum absolute atomic E-state index is 0.0265. The van der Waals surface area contributed by atoms with Crippen LogP contribution in [-0.2, 0) is 23.9 Å². The van der Waals surface area contributed by atoms with Crippen molar-refractivity contribution in [3.05, 3.63) is 0 Å². The van der Waals surface area contributed by atoms with E-state index in [1.54, 1.807) is 6.92 Å². The molecule has 1 rings (SSSR count). The summed E-state index contributed by atoms with van der Waals surface area (Å²) in [6.45, 7) is 3.86. The van der Waals surface area contributed by atoms with E-state index < -0.39 is 30.0 Å². The van der Waals surface area contributed by atoms with Crippen LogP contribution in [0.1, 0.15) is 13.8 Å². The Morgan fingerprint density at radius 2 is 2.10 bits per heavy atom. The van der Waals surface area contributed by atoms with Crippen LogP contribution in [0.3, 0.4) is 0 Å². The van der Waals surface area contributed by atoms with Crippen molar-refractivity contribution in [1.29, 1.82) is 0 Å². The van der Waals surface area contributed by atoms with Gasteiger partial charge in [-0.2, -0.15) is 0 Å². The van der Waals surface area contributed by atoms with E-state index in [0.717, 1.165) is 0 Å². The predicted molar refractivity (Wildman–Crippen MR) is 68.6 cm³/mol. The summed E-state index contributed by atoms with van der Waals surface area (Å²) in [4.78, 5) is 58.4. The van der Waals surface area contributed by atoms with Crippen molar-refractivity contribution in [1.82, 2.24) is 15.1 Å². The molecule has 0 aromatic rings. The molecule has 9 heteroatoms. The zero-order valence-corrected chi connectivity index (χ0v) is 11.7. The van der Waals surface area contributed by atoms with Gasteiger partial charge in [-0.1, -0.05) is 0 Å². The molecule has 1 N–H and O–H groups in total. The Hall–Kier alpha value is -2.45. The van der Waals surface area contributed by atoms with Crippen molar-refractivity contribution in [3.63, 3.8) is 0 Å². The van der Waals surface area contributed by atoms with Crippen molar-refractivity contribution in [2.24, 2.45) is 0 Å². The number of carbonyl (C=O) groups is 4. The van der Waals surface area contributed by atoms with Gasteiger partial charge in [0.15, 0.2) is 0 Å². The Kier molecular flexibility index (Phi) is 5.82. The first-order valence-corrected chi connectivity index (χ1v) is 6.34. The maximum absolute atomic E-state index is 11.9. The number of amides is 4. The number of nitrogens with one attached hydrogen (secondary N) is 1. The molecule has 1 heterocycles. The molecule has 21 heavy (non-hydrogen) atoms. The average molecular weight is 298 g/mol. The van der Waals surface area contributed by atoms with Crippen molar-refractivity contribution >= 4 is 30.6 Å². The second-order valence-electron chi connectivity index (χ2n) is 4.32. The van der Waals surface area contributed by atoms with Crippen LogP contribution in [-0.4, -0.2) is 72.2 Å². The predicted octanol–water partition coefficient (Wildman–Crippen LogP) is -1.57. The van der Waals surface area contributed by atoms with Gasteiger partial charge in [0.2, 0.25) is 6.29 Å². The molecule has 1 aliphatic heterocycles. The summed E-state index contributed by atoms with van der Waals surface area (Å²) in [6, 6.07) is -2.13. The fourth-order valence-corrected chi connectivity index (χ4v) is 1.79. The zero-order valence-electron chi connectivity index (χ0n) is 11.7. The molecule has 115 valence electrons. The number of ether oxygens (including phenoxy) is 1. The van der Waals surface area contributed by atoms with Gasteiger partial charge in [-0.3, -0.25) is 24.1 Å². The summed E-state index contributed by atoms with van der Waals surface area (Å²) in [7, 11) is 0. The first kappa shape index (κ1) is 16.6. The fraction of sp³-hybridized carbons (Fsp3) is 0.583. The molecule has 0 saturated carbocycles. The third kappa shape index (κ3) is 3.77. The normalized spacial score (nSPS) is 18.0. The monoisotopic (exact) mass is 298 g/mol. The summed E-state index contributed by atoms with van der Waals surface area (Å²) < 4.78 is 4.53. The van der Waals surface area contributed by atoms with Crippen molar-refractivity contribution in [2.45, 2.75) is 26.0 Å². The minimum atomic E-state index is -1.23. The Labute approximate surface area is 121 Å². The Bertz CT molecular complexity index is 452. The molecule has 1 fully saturated rings. The lowest BCUT2D eigenvalue weighted by Gasteiger charge is -2.32. The molecule has 9 nitrogen and oxygen atoms in total. The van der Waals surface area contributed by atoms with Crippen molar-refractivity contribution in [2.75, 3.05) is 19.6 Å². The van der Waals surface area contributed by atoms with Crippen LogP contribution in [0.25, 0.3) is 0 Å². The van der Waals surface area contributed by atoms with Crippen LogP contribution in [0.15, 0.2) is 0 Å². The molecule has 1 unspecified atom stereocenters. The minimum Gasteiger partial charge on any atom is -0.462 e. The molecule has 0 bridgehead atoms. The Balaban J connectivity index is 2.71. The number of nitrogens with zero attached hydrogens (tertiary/aromatic N) is 2. The van der Waals surface area contributed by atoms with Gasteiger partial charge in [0.05, 0.1) is 0 Å². The highest BCUT2D eigenvalue weighted by Crippen LogP contribution is 2.06. The fourth-order valence-electron chi connectivity index (χ4n) is 1.79. The lowest BCUT2D eigenvalue weighted by atomic mass is 10.2. The van der Waals surface area contributed by atoms with Gasteiger partial charge >= 0.3 is 17.8 Å². The Morgan fingerprint density at radius 3 is 2.62 bits per heavy atom. The third-order valence-corrected chi connectivity index (χ3v) is 3.08. The maximum Gasteiger partial charge on any atom is 0.325 e. The lowest BCUT2D eigenvalue weighted by Crippen LogP contribution is -2.60. The molecule has 2 atom stereocenters. The molecule has 0 spiro atoms. The van der Waals surface area contributed by atoms with Gasteiger partial charge in [-0.15, -0.1) is 0 Å². The molecular weight excluding hydrogens is 282 g/mol. The zero-order chi connectivity index (χ0) is 16.0. The van der Waals surface area contributed by atoms with Crippen molar-refractivity contribution < 1.29 is 28.7 Å². The molecule has 1 aliphatic rings. The number of piperazine rings is 1. The summed E-state index contributed by atoms with van der Waals surface area (Å²) in [6.07, 6.45) is 0.565. The third-order valence-electron chi connectivity index (χ3n) is 3.08. The highest BCUT2D eigenvalue weighted by molar-refractivity contribution is 6.38. The van der Waals surface area contributed by atoms with E-state index in [0.29, 0.717) is 11.4 Å². The number of imide groups is 1. The van der Waals surface area contributed by atoms with E-state index in [1.165, 1.54) is 18.1 Å². The number of carbonyl (C=O) groups excluding carboxylic acids is 5. The van der Waals surface area contributed by atoms with Crippen LogP contribution in [0.5, 0.6) is 0 Å². The second-order valence-corrected chi connectivity index (χ2v) is 4.32. The highest BCUT2D eigenvalue weighted by Gasteiger charge is 2.36. The van der Waals surface area contributed by atoms with Gasteiger partial charge in [0, 0.05) is 19.6 Å². The van der Waals surface area contributed by atoms with E-state index in [4.69, 9.17) is 0 Å². The molecule has 1 saturated heterocycles. The van der Waals surface area contributed by atoms with Gasteiger partial charge in [-0.05, 0) is 13.8 Å². The second kappa shape index (κ2) is 7.36. The summed E-state index contributed by atoms with van der Waals surface area (Å²) in [5, 5.41) is 2.19. The highest BCUT2D eigenvalue weighted by atomic mass is 16.5. The smallest absolute Gasteiger partial charge is 0.325 e. The van der Waals surface area contributed by atoms with E-state index in [9.17, 15) is 24.0 Å². The number of hydrogen-bond donors (Lipinski definition) is 1. The SMILES string of the molecule is CCN1CCN(C(=O)NC([C]=O)[C@H](C)OC=O)C(=O)C1=O. The molecule has 0 aliphatic carbocycles. The molecule has 0 aromatic heterocycles. The van der Waals surface area contributed by atoms with Crippen LogP contribution < -0.4 is 5.32 Å². The van der Waals surface area contributed by atoms with E-state index in [1.807, 2.05) is 0 Å². The van der Waals surface area contributed by atoms with Gasteiger partial charge < -0.3 is 15.0 Å². The summed E-state index contributed by atoms with van der Waals surface area (Å²) >= 11 is 0. The van der Waals surface area contributed by atoms with Gasteiger partial charge in [0.1, 0.15) is 12.1 Å². The molecule has 4 amide bonds. The topological polar surface area (TPSA) is 113 Å². The van der Waals surface area contributed by atoms with Gasteiger partial charge in [-0.25, -0.2) is 4.79 Å². The van der Waals surface area contributed by atoms with E-state index >= 15 is 0 Å². The van der Waals surface area contributed by atoms with Crippen LogP contribution in [0.4, 0.5) is 4.79 Å².